The summed E-state index contributed by atoms with van der Waals surface area (Å²) >= 11 is 6.37. The molecule has 5 nitrogen and oxygen atoms in total. The maximum atomic E-state index is 14.8. The van der Waals surface area contributed by atoms with Gasteiger partial charge in [-0.15, -0.1) is 0 Å². The van der Waals surface area contributed by atoms with Gasteiger partial charge in [-0.1, -0.05) is 101 Å². The van der Waals surface area contributed by atoms with Crippen molar-refractivity contribution in [3.63, 3.8) is 0 Å². The third-order valence-electron chi connectivity index (χ3n) is 8.77. The van der Waals surface area contributed by atoms with Crippen molar-refractivity contribution >= 4 is 46.5 Å². The topological polar surface area (TPSA) is 66.5 Å². The molecule has 3 aliphatic rings. The Morgan fingerprint density at radius 1 is 1.02 bits per heavy atom. The lowest BCUT2D eigenvalue weighted by Crippen LogP contribution is -2.51. The van der Waals surface area contributed by atoms with Gasteiger partial charge in [0.05, 0.1) is 12.0 Å². The standard InChI is InChI=1S/C35H35ClN2O3/c1-20(2)18-21-10-12-22(13-11-21)31(39)29-30(32(40)34(3,4)5)38-27-16-15-24(36)19-23(27)14-17-28(38)35(29)25-8-6-7-9-26(25)37-33(35)41/h6-17,19-20,28-30H,18H2,1-5H3,(H,37,41)/t28-,29+,30+,35+/m1/s1. The number of amides is 1. The molecule has 1 amide bonds. The van der Waals surface area contributed by atoms with Crippen molar-refractivity contribution in [3.8, 4) is 0 Å². The summed E-state index contributed by atoms with van der Waals surface area (Å²) in [6, 6.07) is 19.4. The fourth-order valence-corrected chi connectivity index (χ4v) is 7.23. The van der Waals surface area contributed by atoms with Gasteiger partial charge >= 0.3 is 0 Å². The van der Waals surface area contributed by atoms with E-state index in [1.807, 2.05) is 98.5 Å². The highest BCUT2D eigenvalue weighted by atomic mass is 35.5. The molecule has 3 aromatic carbocycles. The van der Waals surface area contributed by atoms with Crippen LogP contribution in [0.25, 0.3) is 6.08 Å². The van der Waals surface area contributed by atoms with Crippen LogP contribution >= 0.6 is 11.6 Å². The van der Waals surface area contributed by atoms with E-state index in [0.717, 1.165) is 28.8 Å². The zero-order valence-electron chi connectivity index (χ0n) is 24.1. The minimum Gasteiger partial charge on any atom is -0.352 e. The molecule has 210 valence electrons. The fourth-order valence-electron chi connectivity index (χ4n) is 7.05. The Bertz CT molecular complexity index is 1600. The highest BCUT2D eigenvalue weighted by Crippen LogP contribution is 2.58. The van der Waals surface area contributed by atoms with Crippen molar-refractivity contribution < 1.29 is 14.4 Å². The van der Waals surface area contributed by atoms with Gasteiger partial charge in [0.2, 0.25) is 5.91 Å². The summed E-state index contributed by atoms with van der Waals surface area (Å²) < 4.78 is 0. The summed E-state index contributed by atoms with van der Waals surface area (Å²) in [5.74, 6) is -1.00. The first-order valence-electron chi connectivity index (χ1n) is 14.3. The van der Waals surface area contributed by atoms with Gasteiger partial charge < -0.3 is 10.2 Å². The van der Waals surface area contributed by atoms with Crippen molar-refractivity contribution in [3.05, 3.63) is 100 Å². The third kappa shape index (κ3) is 4.16. The van der Waals surface area contributed by atoms with Crippen LogP contribution in [0.1, 0.15) is 61.7 Å². The number of fused-ring (bicyclic) bond motifs is 6. The molecule has 0 saturated carbocycles. The Hall–Kier alpha value is -3.70. The molecular formula is C35H35ClN2O3. The second-order valence-electron chi connectivity index (χ2n) is 13.0. The van der Waals surface area contributed by atoms with E-state index in [1.165, 1.54) is 0 Å². The fraction of sp³-hybridized carbons (Fsp3) is 0.343. The molecule has 0 aromatic heterocycles. The zero-order valence-corrected chi connectivity index (χ0v) is 24.8. The van der Waals surface area contributed by atoms with Gasteiger partial charge in [-0.05, 0) is 53.3 Å². The third-order valence-corrected chi connectivity index (χ3v) is 9.00. The molecule has 1 saturated heterocycles. The molecule has 6 rings (SSSR count). The largest absolute Gasteiger partial charge is 0.352 e. The highest BCUT2D eigenvalue weighted by Gasteiger charge is 2.70. The van der Waals surface area contributed by atoms with Crippen molar-refractivity contribution in [2.24, 2.45) is 17.3 Å². The van der Waals surface area contributed by atoms with Crippen LogP contribution in [0.2, 0.25) is 5.02 Å². The van der Waals surface area contributed by atoms with Gasteiger partial charge in [0.25, 0.3) is 0 Å². The molecule has 41 heavy (non-hydrogen) atoms. The number of carbonyl (C=O) groups is 3. The number of para-hydroxylation sites is 1. The minimum atomic E-state index is -1.30. The summed E-state index contributed by atoms with van der Waals surface area (Å²) in [7, 11) is 0. The van der Waals surface area contributed by atoms with Crippen molar-refractivity contribution in [1.82, 2.24) is 0 Å². The Labute approximate surface area is 246 Å². The van der Waals surface area contributed by atoms with Crippen LogP contribution < -0.4 is 10.2 Å². The predicted molar refractivity (Wildman–Crippen MR) is 165 cm³/mol. The molecule has 3 heterocycles. The maximum absolute atomic E-state index is 14.8. The minimum absolute atomic E-state index is 0.0810. The Balaban J connectivity index is 1.62. The van der Waals surface area contributed by atoms with Crippen molar-refractivity contribution in [2.45, 2.75) is 58.5 Å². The molecule has 0 unspecified atom stereocenters. The zero-order chi connectivity index (χ0) is 29.3. The predicted octanol–water partition coefficient (Wildman–Crippen LogP) is 7.13. The van der Waals surface area contributed by atoms with Crippen molar-refractivity contribution in [1.29, 1.82) is 0 Å². The van der Waals surface area contributed by atoms with Gasteiger partial charge in [0, 0.05) is 27.4 Å². The maximum Gasteiger partial charge on any atom is 0.238 e. The second-order valence-corrected chi connectivity index (χ2v) is 13.4. The van der Waals surface area contributed by atoms with Crippen molar-refractivity contribution in [2.75, 3.05) is 10.2 Å². The molecular weight excluding hydrogens is 532 g/mol. The summed E-state index contributed by atoms with van der Waals surface area (Å²) in [5, 5.41) is 3.66. The number of carbonyl (C=O) groups excluding carboxylic acids is 3. The van der Waals surface area contributed by atoms with E-state index in [4.69, 9.17) is 11.6 Å². The quantitative estimate of drug-likeness (QED) is 0.334. The first-order valence-corrected chi connectivity index (χ1v) is 14.7. The molecule has 3 aliphatic heterocycles. The first-order chi connectivity index (χ1) is 19.4. The van der Waals surface area contributed by atoms with E-state index in [2.05, 4.69) is 19.2 Å². The number of ketones is 2. The van der Waals surface area contributed by atoms with E-state index in [1.54, 1.807) is 6.07 Å². The van der Waals surface area contributed by atoms with Crippen LogP contribution in [0, 0.1) is 17.3 Å². The number of hydrogen-bond donors (Lipinski definition) is 1. The van der Waals surface area contributed by atoms with E-state index in [0.29, 0.717) is 22.2 Å². The van der Waals surface area contributed by atoms with Crippen LogP contribution in [0.3, 0.4) is 0 Å². The summed E-state index contributed by atoms with van der Waals surface area (Å²) in [6.45, 7) is 9.96. The molecule has 1 N–H and O–H groups in total. The van der Waals surface area contributed by atoms with Gasteiger partial charge in [0.15, 0.2) is 11.6 Å². The SMILES string of the molecule is CC(C)Cc1ccc(C(=O)[C@@H]2[C@@H](C(=O)C(C)(C)C)N3c4ccc(Cl)cc4C=C[C@@H]3[C@]23C(=O)Nc2ccccc23)cc1. The van der Waals surface area contributed by atoms with E-state index in [9.17, 15) is 14.4 Å². The monoisotopic (exact) mass is 566 g/mol. The summed E-state index contributed by atoms with van der Waals surface area (Å²) in [5.41, 5.74) is 2.67. The Morgan fingerprint density at radius 2 is 1.73 bits per heavy atom. The average Bonchev–Trinajstić information content (AvgIpc) is 3.39. The smallest absolute Gasteiger partial charge is 0.238 e. The molecule has 4 atom stereocenters. The number of anilines is 2. The molecule has 0 bridgehead atoms. The molecule has 6 heteroatoms. The number of nitrogens with one attached hydrogen (secondary N) is 1. The lowest BCUT2D eigenvalue weighted by atomic mass is 9.63. The summed E-state index contributed by atoms with van der Waals surface area (Å²) in [4.78, 5) is 45.7. The first kappa shape index (κ1) is 27.5. The molecule has 1 spiro atoms. The highest BCUT2D eigenvalue weighted by molar-refractivity contribution is 6.31. The molecule has 0 aliphatic carbocycles. The van der Waals surface area contributed by atoms with E-state index < -0.39 is 28.8 Å². The summed E-state index contributed by atoms with van der Waals surface area (Å²) in [6.07, 6.45) is 4.84. The molecule has 0 radical (unpaired) electrons. The van der Waals surface area contributed by atoms with Gasteiger partial charge in [-0.3, -0.25) is 14.4 Å². The van der Waals surface area contributed by atoms with E-state index in [-0.39, 0.29) is 17.5 Å². The number of benzene rings is 3. The lowest BCUT2D eigenvalue weighted by molar-refractivity contribution is -0.128. The number of nitrogens with zero attached hydrogens (tertiary/aromatic N) is 1. The van der Waals surface area contributed by atoms with Gasteiger partial charge in [-0.2, -0.15) is 0 Å². The van der Waals surface area contributed by atoms with Gasteiger partial charge in [-0.25, -0.2) is 0 Å². The number of Topliss-reactive ketones (excluding diaryl/α,β-unsaturated/α-hetero) is 2. The van der Waals surface area contributed by atoms with Crippen LogP contribution in [-0.4, -0.2) is 29.6 Å². The van der Waals surface area contributed by atoms with Crippen LogP contribution in [0.4, 0.5) is 11.4 Å². The Morgan fingerprint density at radius 3 is 2.41 bits per heavy atom. The van der Waals surface area contributed by atoms with Crippen LogP contribution in [0.15, 0.2) is 72.8 Å². The Kier molecular flexibility index (Phi) is 6.50. The molecule has 3 aromatic rings. The van der Waals surface area contributed by atoms with Crippen LogP contribution in [-0.2, 0) is 21.4 Å². The normalized spacial score (nSPS) is 24.3. The number of rotatable bonds is 5. The number of halogens is 1. The van der Waals surface area contributed by atoms with Gasteiger partial charge in [0.1, 0.15) is 11.5 Å². The molecule has 1 fully saturated rings. The number of hydrogen-bond acceptors (Lipinski definition) is 4. The van der Waals surface area contributed by atoms with Crippen LogP contribution in [0.5, 0.6) is 0 Å². The average molecular weight is 567 g/mol. The second kappa shape index (κ2) is 9.70. The van der Waals surface area contributed by atoms with E-state index >= 15 is 0 Å². The lowest BCUT2D eigenvalue weighted by Gasteiger charge is -2.38.